The number of ketones is 1. The first-order chi connectivity index (χ1) is 9.61. The summed E-state index contributed by atoms with van der Waals surface area (Å²) in [7, 11) is 0. The molecule has 0 saturated carbocycles. The van der Waals surface area contributed by atoms with Gasteiger partial charge in [0.05, 0.1) is 5.92 Å². The third-order valence-corrected chi connectivity index (χ3v) is 3.67. The van der Waals surface area contributed by atoms with Gasteiger partial charge >= 0.3 is 0 Å². The van der Waals surface area contributed by atoms with Crippen molar-refractivity contribution in [2.75, 3.05) is 0 Å². The van der Waals surface area contributed by atoms with Gasteiger partial charge < -0.3 is 0 Å². The number of hydrogen-bond acceptors (Lipinski definition) is 1. The van der Waals surface area contributed by atoms with Crippen LogP contribution in [0.5, 0.6) is 0 Å². The van der Waals surface area contributed by atoms with Crippen LogP contribution >= 0.6 is 0 Å². The van der Waals surface area contributed by atoms with Crippen LogP contribution in [0.3, 0.4) is 0 Å². The van der Waals surface area contributed by atoms with Crippen LogP contribution in [0, 0.1) is 6.92 Å². The second kappa shape index (κ2) is 6.51. The highest BCUT2D eigenvalue weighted by atomic mass is 16.1. The van der Waals surface area contributed by atoms with Gasteiger partial charge in [0.25, 0.3) is 0 Å². The van der Waals surface area contributed by atoms with Gasteiger partial charge in [-0.2, -0.15) is 0 Å². The first-order valence-corrected chi connectivity index (χ1v) is 7.27. The number of hydrogen-bond donors (Lipinski definition) is 0. The summed E-state index contributed by atoms with van der Waals surface area (Å²) in [5, 5.41) is 0. The number of carbonyl (C=O) groups is 1. The van der Waals surface area contributed by atoms with E-state index in [1.165, 1.54) is 11.1 Å². The molecule has 2 aromatic rings. The molecule has 0 radical (unpaired) electrons. The number of aryl methyl sites for hydroxylation is 2. The summed E-state index contributed by atoms with van der Waals surface area (Å²) in [6.07, 6.45) is 2.24. The van der Waals surface area contributed by atoms with Crippen molar-refractivity contribution in [2.24, 2.45) is 0 Å². The molecule has 0 fully saturated rings. The molecule has 0 aromatic heterocycles. The molecule has 2 aromatic carbocycles. The Bertz CT molecular complexity index is 564. The van der Waals surface area contributed by atoms with E-state index in [2.05, 4.69) is 62.4 Å². The van der Waals surface area contributed by atoms with Crippen LogP contribution in [0.1, 0.15) is 48.4 Å². The largest absolute Gasteiger partial charge is 0.299 e. The number of carbonyl (C=O) groups excluding carboxylic acids is 1. The molecule has 0 aliphatic rings. The van der Waals surface area contributed by atoms with E-state index in [-0.39, 0.29) is 11.7 Å². The lowest BCUT2D eigenvalue weighted by Gasteiger charge is -2.15. The molecule has 2 rings (SSSR count). The molecule has 0 bridgehead atoms. The first-order valence-electron chi connectivity index (χ1n) is 7.27. The fourth-order valence-corrected chi connectivity index (χ4v) is 2.59. The standard InChI is InChI=1S/C19H22O/c1-4-5-16-8-12-18(13-9-16)19(15(3)20)17-10-6-14(2)7-11-17/h6-13,19H,4-5H2,1-3H3. The fourth-order valence-electron chi connectivity index (χ4n) is 2.59. The lowest BCUT2D eigenvalue weighted by Crippen LogP contribution is -2.10. The molecular formula is C19H22O. The van der Waals surface area contributed by atoms with Gasteiger partial charge in [-0.05, 0) is 37.0 Å². The van der Waals surface area contributed by atoms with Crippen molar-refractivity contribution in [1.29, 1.82) is 0 Å². The van der Waals surface area contributed by atoms with E-state index in [9.17, 15) is 4.79 Å². The fraction of sp³-hybridized carbons (Fsp3) is 0.316. The van der Waals surface area contributed by atoms with Crippen LogP contribution < -0.4 is 0 Å². The molecule has 1 atom stereocenters. The molecule has 1 unspecified atom stereocenters. The van der Waals surface area contributed by atoms with E-state index in [4.69, 9.17) is 0 Å². The van der Waals surface area contributed by atoms with Crippen molar-refractivity contribution in [3.63, 3.8) is 0 Å². The minimum Gasteiger partial charge on any atom is -0.299 e. The third-order valence-electron chi connectivity index (χ3n) is 3.67. The topological polar surface area (TPSA) is 17.1 Å². The zero-order valence-electron chi connectivity index (χ0n) is 12.5. The molecule has 0 N–H and O–H groups in total. The van der Waals surface area contributed by atoms with Crippen LogP contribution in [0.4, 0.5) is 0 Å². The quantitative estimate of drug-likeness (QED) is 0.768. The smallest absolute Gasteiger partial charge is 0.141 e. The molecule has 0 heterocycles. The van der Waals surface area contributed by atoms with Crippen molar-refractivity contribution in [3.05, 3.63) is 70.8 Å². The van der Waals surface area contributed by atoms with E-state index < -0.39 is 0 Å². The summed E-state index contributed by atoms with van der Waals surface area (Å²) in [6, 6.07) is 16.7. The van der Waals surface area contributed by atoms with Gasteiger partial charge in [-0.3, -0.25) is 4.79 Å². The number of benzene rings is 2. The summed E-state index contributed by atoms with van der Waals surface area (Å²) in [5.74, 6) is 0.0448. The first kappa shape index (κ1) is 14.5. The molecule has 1 heteroatoms. The van der Waals surface area contributed by atoms with Gasteiger partial charge in [-0.25, -0.2) is 0 Å². The van der Waals surface area contributed by atoms with Crippen molar-refractivity contribution >= 4 is 5.78 Å². The predicted octanol–water partition coefficient (Wildman–Crippen LogP) is 4.67. The normalized spacial score (nSPS) is 12.2. The molecule has 0 spiro atoms. The van der Waals surface area contributed by atoms with E-state index in [1.54, 1.807) is 6.92 Å². The summed E-state index contributed by atoms with van der Waals surface area (Å²) < 4.78 is 0. The molecular weight excluding hydrogens is 244 g/mol. The van der Waals surface area contributed by atoms with Crippen LogP contribution in [-0.4, -0.2) is 5.78 Å². The van der Waals surface area contributed by atoms with Crippen molar-refractivity contribution in [3.8, 4) is 0 Å². The van der Waals surface area contributed by atoms with Gasteiger partial charge in [0.1, 0.15) is 5.78 Å². The van der Waals surface area contributed by atoms with Crippen molar-refractivity contribution in [1.82, 2.24) is 0 Å². The molecule has 0 saturated heterocycles. The highest BCUT2D eigenvalue weighted by Crippen LogP contribution is 2.26. The summed E-state index contributed by atoms with van der Waals surface area (Å²) in [5.41, 5.74) is 4.71. The zero-order chi connectivity index (χ0) is 14.5. The predicted molar refractivity (Wildman–Crippen MR) is 84.1 cm³/mol. The van der Waals surface area contributed by atoms with Crippen LogP contribution in [0.25, 0.3) is 0 Å². The number of Topliss-reactive ketones (excluding diaryl/α,β-unsaturated/α-hetero) is 1. The maximum atomic E-state index is 12.0. The molecule has 1 nitrogen and oxygen atoms in total. The van der Waals surface area contributed by atoms with Crippen molar-refractivity contribution < 1.29 is 4.79 Å². The molecule has 0 amide bonds. The van der Waals surface area contributed by atoms with Gasteiger partial charge in [0.15, 0.2) is 0 Å². The maximum Gasteiger partial charge on any atom is 0.141 e. The minimum absolute atomic E-state index is 0.147. The number of rotatable bonds is 5. The Morgan fingerprint density at radius 1 is 0.950 bits per heavy atom. The Balaban J connectivity index is 2.33. The van der Waals surface area contributed by atoms with Gasteiger partial charge in [-0.15, -0.1) is 0 Å². The Morgan fingerprint density at radius 2 is 1.45 bits per heavy atom. The average molecular weight is 266 g/mol. The summed E-state index contributed by atoms with van der Waals surface area (Å²) in [4.78, 5) is 12.0. The Hall–Kier alpha value is -1.89. The summed E-state index contributed by atoms with van der Waals surface area (Å²) in [6.45, 7) is 5.91. The van der Waals surface area contributed by atoms with Crippen molar-refractivity contribution in [2.45, 2.75) is 39.5 Å². The van der Waals surface area contributed by atoms with E-state index in [0.717, 1.165) is 24.0 Å². The van der Waals surface area contributed by atoms with Crippen LogP contribution in [0.2, 0.25) is 0 Å². The highest BCUT2D eigenvalue weighted by molar-refractivity contribution is 5.86. The lowest BCUT2D eigenvalue weighted by atomic mass is 9.87. The minimum atomic E-state index is -0.147. The molecule has 104 valence electrons. The Morgan fingerprint density at radius 3 is 1.90 bits per heavy atom. The van der Waals surface area contributed by atoms with E-state index >= 15 is 0 Å². The van der Waals surface area contributed by atoms with Gasteiger partial charge in [0.2, 0.25) is 0 Å². The average Bonchev–Trinajstić information content (AvgIpc) is 2.43. The zero-order valence-corrected chi connectivity index (χ0v) is 12.5. The van der Waals surface area contributed by atoms with E-state index in [1.807, 2.05) is 0 Å². The third kappa shape index (κ3) is 3.36. The second-order valence-corrected chi connectivity index (χ2v) is 5.45. The monoisotopic (exact) mass is 266 g/mol. The molecule has 0 aliphatic carbocycles. The Kier molecular flexibility index (Phi) is 4.73. The van der Waals surface area contributed by atoms with Gasteiger partial charge in [0, 0.05) is 0 Å². The molecule has 0 aliphatic heterocycles. The second-order valence-electron chi connectivity index (χ2n) is 5.45. The van der Waals surface area contributed by atoms with Crippen LogP contribution in [-0.2, 0) is 11.2 Å². The lowest BCUT2D eigenvalue weighted by molar-refractivity contribution is -0.117. The Labute approximate surface area is 121 Å². The summed E-state index contributed by atoms with van der Waals surface area (Å²) >= 11 is 0. The van der Waals surface area contributed by atoms with Crippen LogP contribution in [0.15, 0.2) is 48.5 Å². The van der Waals surface area contributed by atoms with Gasteiger partial charge in [-0.1, -0.05) is 67.4 Å². The molecule has 20 heavy (non-hydrogen) atoms. The van der Waals surface area contributed by atoms with E-state index in [0.29, 0.717) is 0 Å². The maximum absolute atomic E-state index is 12.0. The highest BCUT2D eigenvalue weighted by Gasteiger charge is 2.18. The SMILES string of the molecule is CCCc1ccc(C(C(C)=O)c2ccc(C)cc2)cc1.